The van der Waals surface area contributed by atoms with Crippen LogP contribution in [-0.4, -0.2) is 56.7 Å². The van der Waals surface area contributed by atoms with Crippen molar-refractivity contribution in [2.24, 2.45) is 0 Å². The molecule has 0 radical (unpaired) electrons. The number of methoxy groups -OCH3 is 1. The van der Waals surface area contributed by atoms with E-state index in [0.29, 0.717) is 0 Å². The van der Waals surface area contributed by atoms with Gasteiger partial charge in [0.15, 0.2) is 0 Å². The maximum Gasteiger partial charge on any atom is 0.408 e. The smallest absolute Gasteiger partial charge is 0.408 e. The third-order valence-corrected chi connectivity index (χ3v) is 5.81. The first kappa shape index (κ1) is 25.6. The van der Waals surface area contributed by atoms with Crippen molar-refractivity contribution in [1.82, 2.24) is 10.6 Å². The molecule has 1 aromatic rings. The summed E-state index contributed by atoms with van der Waals surface area (Å²) in [6, 6.07) is 7.75. The average Bonchev–Trinajstić information content (AvgIpc) is 2.69. The minimum absolute atomic E-state index is 0.0874. The van der Waals surface area contributed by atoms with Crippen LogP contribution in [0.1, 0.15) is 26.3 Å². The molecule has 0 bridgehead atoms. The topological polar surface area (TPSA) is 129 Å². The van der Waals surface area contributed by atoms with Crippen LogP contribution in [0.15, 0.2) is 30.3 Å². The zero-order chi connectivity index (χ0) is 22.9. The maximum atomic E-state index is 12.9. The van der Waals surface area contributed by atoms with Crippen molar-refractivity contribution >= 4 is 25.6 Å². The van der Waals surface area contributed by atoms with Gasteiger partial charge in [-0.2, -0.15) is 0 Å². The van der Waals surface area contributed by atoms with Gasteiger partial charge in [-0.3, -0.25) is 9.36 Å². The highest BCUT2D eigenvalue weighted by molar-refractivity contribution is 7.55. The molecule has 0 fully saturated rings. The van der Waals surface area contributed by atoms with Crippen LogP contribution in [0.3, 0.4) is 0 Å². The summed E-state index contributed by atoms with van der Waals surface area (Å²) >= 11 is 0. The Hall–Kier alpha value is -2.42. The number of carbonyl (C=O) groups is 3. The quantitative estimate of drug-likeness (QED) is 0.438. The molecule has 0 heterocycles. The van der Waals surface area contributed by atoms with Crippen molar-refractivity contribution in [3.8, 4) is 0 Å². The summed E-state index contributed by atoms with van der Waals surface area (Å²) < 4.78 is 32.2. The van der Waals surface area contributed by atoms with Crippen LogP contribution in [-0.2, 0) is 39.1 Å². The van der Waals surface area contributed by atoms with Crippen LogP contribution in [0.2, 0.25) is 0 Å². The van der Waals surface area contributed by atoms with Crippen LogP contribution in [0, 0.1) is 0 Å². The monoisotopic (exact) mass is 444 g/mol. The Morgan fingerprint density at radius 2 is 1.57 bits per heavy atom. The van der Waals surface area contributed by atoms with E-state index in [4.69, 9.17) is 13.8 Å². The van der Waals surface area contributed by atoms with Crippen molar-refractivity contribution in [3.05, 3.63) is 35.9 Å². The van der Waals surface area contributed by atoms with E-state index < -0.39 is 43.0 Å². The minimum Gasteiger partial charge on any atom is -0.467 e. The Morgan fingerprint density at radius 3 is 2.03 bits per heavy atom. The molecule has 2 amide bonds. The highest BCUT2D eigenvalue weighted by atomic mass is 31.2. The standard InChI is InChI=1S/C19H29N2O8P/c1-19(2,3)29-18(24)20-14(12-13-10-8-7-9-11-13)15(22)21-16(17(23)26-4)30(25,27-5)28-6/h7-11,14,16H,12H2,1-6H3,(H,20,24)(H,21,22)/t14-,16-/m0/s1. The first-order valence-corrected chi connectivity index (χ1v) is 10.7. The SMILES string of the molecule is COC(=O)[C@@H](NC(=O)[C@H](Cc1ccccc1)NC(=O)OC(C)(C)C)P(=O)(OC)OC. The number of nitrogens with one attached hydrogen (secondary N) is 2. The lowest BCUT2D eigenvalue weighted by Crippen LogP contribution is -2.53. The second kappa shape index (κ2) is 11.1. The van der Waals surface area contributed by atoms with Gasteiger partial charge in [0.1, 0.15) is 11.6 Å². The van der Waals surface area contributed by atoms with Gasteiger partial charge in [0, 0.05) is 20.6 Å². The van der Waals surface area contributed by atoms with Gasteiger partial charge in [0.25, 0.3) is 0 Å². The van der Waals surface area contributed by atoms with Crippen molar-refractivity contribution < 1.29 is 37.5 Å². The van der Waals surface area contributed by atoms with Gasteiger partial charge in [-0.15, -0.1) is 0 Å². The fraction of sp³-hybridized carbons (Fsp3) is 0.526. The fourth-order valence-corrected chi connectivity index (χ4v) is 3.63. The van der Waals surface area contributed by atoms with E-state index in [9.17, 15) is 18.9 Å². The van der Waals surface area contributed by atoms with Gasteiger partial charge in [0.05, 0.1) is 7.11 Å². The number of rotatable bonds is 9. The molecule has 11 heteroatoms. The molecule has 0 saturated heterocycles. The molecule has 2 atom stereocenters. The minimum atomic E-state index is -4.06. The van der Waals surface area contributed by atoms with E-state index >= 15 is 0 Å². The fourth-order valence-electron chi connectivity index (χ4n) is 2.41. The molecule has 0 aromatic heterocycles. The molecular formula is C19H29N2O8P. The summed E-state index contributed by atoms with van der Waals surface area (Å²) in [6.45, 7) is 5.04. The third-order valence-electron chi connectivity index (χ3n) is 3.82. The van der Waals surface area contributed by atoms with Gasteiger partial charge >= 0.3 is 19.7 Å². The van der Waals surface area contributed by atoms with E-state index in [0.717, 1.165) is 26.9 Å². The molecule has 1 aromatic carbocycles. The van der Waals surface area contributed by atoms with E-state index in [1.807, 2.05) is 0 Å². The largest absolute Gasteiger partial charge is 0.467 e. The number of amides is 2. The number of esters is 1. The number of hydrogen-bond donors (Lipinski definition) is 2. The number of ether oxygens (including phenoxy) is 2. The summed E-state index contributed by atoms with van der Waals surface area (Å²) in [5, 5.41) is 4.78. The maximum absolute atomic E-state index is 12.9. The Balaban J connectivity index is 3.13. The number of hydrogen-bond acceptors (Lipinski definition) is 8. The average molecular weight is 444 g/mol. The highest BCUT2D eigenvalue weighted by Gasteiger charge is 2.43. The normalized spacial score (nSPS) is 13.7. The zero-order valence-corrected chi connectivity index (χ0v) is 18.9. The van der Waals surface area contributed by atoms with Crippen LogP contribution in [0.5, 0.6) is 0 Å². The lowest BCUT2D eigenvalue weighted by molar-refractivity contribution is -0.143. The van der Waals surface area contributed by atoms with E-state index in [1.165, 1.54) is 0 Å². The van der Waals surface area contributed by atoms with Gasteiger partial charge < -0.3 is 29.2 Å². The third kappa shape index (κ3) is 7.78. The first-order chi connectivity index (χ1) is 14.0. The summed E-state index contributed by atoms with van der Waals surface area (Å²) in [7, 11) is -0.839. The Labute approximate surface area is 176 Å². The highest BCUT2D eigenvalue weighted by Crippen LogP contribution is 2.50. The summed E-state index contributed by atoms with van der Waals surface area (Å²) in [5.74, 6) is -3.54. The molecule has 0 unspecified atom stereocenters. The van der Waals surface area contributed by atoms with Crippen molar-refractivity contribution in [3.63, 3.8) is 0 Å². The molecule has 0 aliphatic carbocycles. The predicted molar refractivity (Wildman–Crippen MR) is 109 cm³/mol. The molecule has 0 saturated carbocycles. The lowest BCUT2D eigenvalue weighted by atomic mass is 10.1. The van der Waals surface area contributed by atoms with E-state index in [1.54, 1.807) is 51.1 Å². The second-order valence-corrected chi connectivity index (χ2v) is 9.55. The van der Waals surface area contributed by atoms with Gasteiger partial charge in [0.2, 0.25) is 11.7 Å². The summed E-state index contributed by atoms with van der Waals surface area (Å²) in [6.07, 6.45) is -0.737. The van der Waals surface area contributed by atoms with Crippen molar-refractivity contribution in [2.45, 2.75) is 44.6 Å². The molecule has 10 nitrogen and oxygen atoms in total. The molecule has 2 N–H and O–H groups in total. The number of alkyl carbamates (subject to hydrolysis) is 1. The molecule has 0 spiro atoms. The second-order valence-electron chi connectivity index (χ2n) is 7.23. The van der Waals surface area contributed by atoms with Gasteiger partial charge in [-0.05, 0) is 26.3 Å². The zero-order valence-electron chi connectivity index (χ0n) is 18.0. The van der Waals surface area contributed by atoms with Crippen LogP contribution in [0.25, 0.3) is 0 Å². The Morgan fingerprint density at radius 1 is 1.00 bits per heavy atom. The van der Waals surface area contributed by atoms with Crippen molar-refractivity contribution in [2.75, 3.05) is 21.3 Å². The summed E-state index contributed by atoms with van der Waals surface area (Å²) in [4.78, 5) is 37.3. The lowest BCUT2D eigenvalue weighted by Gasteiger charge is -2.26. The first-order valence-electron chi connectivity index (χ1n) is 9.08. The van der Waals surface area contributed by atoms with Crippen LogP contribution in [0.4, 0.5) is 4.79 Å². The number of benzene rings is 1. The number of carbonyl (C=O) groups excluding carboxylic acids is 3. The van der Waals surface area contributed by atoms with E-state index in [-0.39, 0.29) is 6.42 Å². The predicted octanol–water partition coefficient (Wildman–Crippen LogP) is 2.22. The van der Waals surface area contributed by atoms with E-state index in [2.05, 4.69) is 15.4 Å². The molecule has 168 valence electrons. The molecule has 0 aliphatic heterocycles. The van der Waals surface area contributed by atoms with Crippen molar-refractivity contribution in [1.29, 1.82) is 0 Å². The Kier molecular flexibility index (Phi) is 9.48. The van der Waals surface area contributed by atoms with Gasteiger partial charge in [-0.1, -0.05) is 30.3 Å². The molecule has 1 rings (SSSR count). The van der Waals surface area contributed by atoms with Gasteiger partial charge in [-0.25, -0.2) is 9.59 Å². The molecular weight excluding hydrogens is 415 g/mol. The molecule has 30 heavy (non-hydrogen) atoms. The van der Waals surface area contributed by atoms with Crippen LogP contribution >= 0.6 is 7.60 Å². The molecule has 0 aliphatic rings. The summed E-state index contributed by atoms with van der Waals surface area (Å²) in [5.41, 5.74) is -0.0428. The van der Waals surface area contributed by atoms with Crippen LogP contribution < -0.4 is 10.6 Å². The Bertz CT molecular complexity index is 770.